The van der Waals surface area contributed by atoms with E-state index in [-0.39, 0.29) is 36.2 Å². The molecule has 3 aliphatic rings. The maximum Gasteiger partial charge on any atom is 0.273 e. The SMILES string of the molecule is CC1=CC(c2ccc3nc(Cl)nc([C@](COC4CCCCO4)(OC4CC4)c4ccccc4)c3c2)=CCC1(C)S(=O)(=O)n1ccc2cc[nH]c(=O)c21. The van der Waals surface area contributed by atoms with E-state index in [2.05, 4.69) is 9.97 Å². The van der Waals surface area contributed by atoms with Crippen molar-refractivity contribution >= 4 is 49.0 Å². The number of fused-ring (bicyclic) bond motifs is 2. The molecule has 10 nitrogen and oxygen atoms in total. The van der Waals surface area contributed by atoms with E-state index in [4.69, 9.17) is 30.8 Å². The van der Waals surface area contributed by atoms with Crippen LogP contribution >= 0.6 is 11.6 Å². The molecule has 1 saturated carbocycles. The van der Waals surface area contributed by atoms with Gasteiger partial charge in [-0.05, 0) is 111 Å². The fourth-order valence-electron chi connectivity index (χ4n) is 7.17. The first-order valence-electron chi connectivity index (χ1n) is 17.4. The van der Waals surface area contributed by atoms with Gasteiger partial charge in [0, 0.05) is 29.8 Å². The lowest BCUT2D eigenvalue weighted by molar-refractivity contribution is -0.197. The van der Waals surface area contributed by atoms with E-state index in [9.17, 15) is 13.2 Å². The van der Waals surface area contributed by atoms with E-state index < -0.39 is 25.9 Å². The Morgan fingerprint density at radius 3 is 2.65 bits per heavy atom. The quantitative estimate of drug-likeness (QED) is 0.149. The molecule has 1 saturated heterocycles. The van der Waals surface area contributed by atoms with Crippen molar-refractivity contribution < 1.29 is 22.6 Å². The minimum atomic E-state index is -4.03. The highest BCUT2D eigenvalue weighted by Gasteiger charge is 2.46. The van der Waals surface area contributed by atoms with E-state index in [1.807, 2.05) is 67.6 Å². The van der Waals surface area contributed by atoms with Crippen molar-refractivity contribution in [3.05, 3.63) is 123 Å². The Bertz CT molecular complexity index is 2360. The molecule has 5 aromatic rings. The first kappa shape index (κ1) is 34.0. The van der Waals surface area contributed by atoms with Crippen molar-refractivity contribution in [2.75, 3.05) is 13.2 Å². The third-order valence-corrected chi connectivity index (χ3v) is 13.1. The average molecular weight is 727 g/mol. The number of aromatic amines is 1. The summed E-state index contributed by atoms with van der Waals surface area (Å²) in [5.74, 6) is 0. The molecule has 2 fully saturated rings. The van der Waals surface area contributed by atoms with Crippen LogP contribution in [-0.2, 0) is 29.8 Å². The molecule has 2 aromatic carbocycles. The zero-order valence-corrected chi connectivity index (χ0v) is 30.0. The molecular formula is C39H39ClN4O6S. The summed E-state index contributed by atoms with van der Waals surface area (Å²) in [6.45, 7) is 4.35. The van der Waals surface area contributed by atoms with Gasteiger partial charge in [0.15, 0.2) is 11.9 Å². The van der Waals surface area contributed by atoms with Gasteiger partial charge in [0.25, 0.3) is 5.56 Å². The first-order chi connectivity index (χ1) is 24.6. The summed E-state index contributed by atoms with van der Waals surface area (Å²) in [6, 6.07) is 19.2. The largest absolute Gasteiger partial charge is 0.358 e. The van der Waals surface area contributed by atoms with Gasteiger partial charge >= 0.3 is 0 Å². The number of nitrogens with one attached hydrogen (secondary N) is 1. The van der Waals surface area contributed by atoms with Crippen molar-refractivity contribution in [2.24, 2.45) is 0 Å². The number of pyridine rings is 1. The fourth-order valence-corrected chi connectivity index (χ4v) is 9.19. The summed E-state index contributed by atoms with van der Waals surface area (Å²) >= 11 is 6.64. The van der Waals surface area contributed by atoms with E-state index >= 15 is 0 Å². The van der Waals surface area contributed by atoms with Crippen LogP contribution in [-0.4, -0.2) is 57.7 Å². The smallest absolute Gasteiger partial charge is 0.273 e. The molecule has 1 aliphatic heterocycles. The van der Waals surface area contributed by atoms with Crippen LogP contribution in [0.2, 0.25) is 5.28 Å². The summed E-state index contributed by atoms with van der Waals surface area (Å²) in [6.07, 6.45) is 11.4. The number of aromatic nitrogens is 4. The highest BCUT2D eigenvalue weighted by Crippen LogP contribution is 2.44. The molecule has 8 rings (SSSR count). The molecule has 3 aromatic heterocycles. The number of benzene rings is 2. The van der Waals surface area contributed by atoms with Gasteiger partial charge < -0.3 is 19.2 Å². The number of rotatable bonds is 10. The Labute approximate surface area is 301 Å². The number of H-pyrrole nitrogens is 1. The second kappa shape index (κ2) is 13.1. The molecule has 51 heavy (non-hydrogen) atoms. The maximum atomic E-state index is 14.2. The summed E-state index contributed by atoms with van der Waals surface area (Å²) < 4.78 is 47.7. The van der Waals surface area contributed by atoms with Crippen LogP contribution in [0.1, 0.15) is 69.2 Å². The molecule has 264 valence electrons. The predicted octanol–water partition coefficient (Wildman–Crippen LogP) is 7.26. The number of hydrogen-bond donors (Lipinski definition) is 1. The lowest BCUT2D eigenvalue weighted by Crippen LogP contribution is -2.41. The molecule has 0 spiro atoms. The normalized spacial score (nSPS) is 22.5. The van der Waals surface area contributed by atoms with Crippen LogP contribution in [0.3, 0.4) is 0 Å². The lowest BCUT2D eigenvalue weighted by atomic mass is 9.85. The minimum Gasteiger partial charge on any atom is -0.358 e. The highest BCUT2D eigenvalue weighted by molar-refractivity contribution is 7.91. The molecule has 1 N–H and O–H groups in total. The van der Waals surface area contributed by atoms with Crippen LogP contribution < -0.4 is 5.56 Å². The maximum absolute atomic E-state index is 14.2. The number of ether oxygens (including phenoxy) is 3. The van der Waals surface area contributed by atoms with Crippen molar-refractivity contribution in [1.82, 2.24) is 18.9 Å². The molecule has 3 atom stereocenters. The lowest BCUT2D eigenvalue weighted by Gasteiger charge is -2.36. The van der Waals surface area contributed by atoms with Crippen LogP contribution in [0.25, 0.3) is 27.4 Å². The zero-order valence-electron chi connectivity index (χ0n) is 28.5. The minimum absolute atomic E-state index is 0.0346. The van der Waals surface area contributed by atoms with E-state index in [0.717, 1.165) is 58.2 Å². The number of nitrogens with zero attached hydrogens (tertiary/aromatic N) is 3. The Balaban J connectivity index is 1.21. The Kier molecular flexibility index (Phi) is 8.75. The monoisotopic (exact) mass is 726 g/mol. The van der Waals surface area contributed by atoms with Crippen molar-refractivity contribution in [1.29, 1.82) is 0 Å². The van der Waals surface area contributed by atoms with Gasteiger partial charge in [0.2, 0.25) is 15.3 Å². The van der Waals surface area contributed by atoms with Crippen molar-refractivity contribution in [3.8, 4) is 0 Å². The number of halogens is 1. The van der Waals surface area contributed by atoms with Crippen LogP contribution in [0.4, 0.5) is 0 Å². The van der Waals surface area contributed by atoms with Gasteiger partial charge in [-0.1, -0.05) is 48.6 Å². The first-order valence-corrected chi connectivity index (χ1v) is 19.2. The third kappa shape index (κ3) is 6.04. The zero-order chi connectivity index (χ0) is 35.4. The van der Waals surface area contributed by atoms with E-state index in [1.165, 1.54) is 12.4 Å². The molecule has 0 bridgehead atoms. The van der Waals surface area contributed by atoms with Crippen molar-refractivity contribution in [3.63, 3.8) is 0 Å². The molecular weight excluding hydrogens is 688 g/mol. The van der Waals surface area contributed by atoms with Crippen molar-refractivity contribution in [2.45, 2.75) is 75.1 Å². The molecule has 0 radical (unpaired) electrons. The van der Waals surface area contributed by atoms with Gasteiger partial charge in [-0.25, -0.2) is 22.4 Å². The fraction of sp³-hybridized carbons (Fsp3) is 0.359. The standard InChI is InChI=1S/C39H39ClN4O6S/c1-25-22-28(15-18-38(25,2)51(46,47)44-20-17-26-16-19-41-36(45)34(26)44)27-11-14-32-31(23-27)35(43-37(40)42-32)39(50-30-12-13-30,29-8-4-3-5-9-29)24-49-33-10-6-7-21-48-33/h3-5,8-9,11,14-17,19-20,22-23,30,33H,6-7,10,12-13,18,21,24H2,1-2H3,(H,41,45)/t33?,38?,39-/m1/s1. The topological polar surface area (TPSA) is 125 Å². The Hall–Kier alpha value is -4.13. The van der Waals surface area contributed by atoms with Crippen LogP contribution in [0.15, 0.2) is 95.6 Å². The van der Waals surface area contributed by atoms with Gasteiger partial charge in [-0.3, -0.25) is 4.79 Å². The van der Waals surface area contributed by atoms with E-state index in [0.29, 0.717) is 28.8 Å². The van der Waals surface area contributed by atoms with Gasteiger partial charge in [0.05, 0.1) is 23.9 Å². The second-order valence-electron chi connectivity index (χ2n) is 13.8. The summed E-state index contributed by atoms with van der Waals surface area (Å²) in [5.41, 5.74) is 3.05. The highest BCUT2D eigenvalue weighted by atomic mass is 35.5. The molecule has 12 heteroatoms. The number of hydrogen-bond acceptors (Lipinski definition) is 8. The Morgan fingerprint density at radius 1 is 1.08 bits per heavy atom. The number of allylic oxidation sites excluding steroid dienone is 3. The summed E-state index contributed by atoms with van der Waals surface area (Å²) in [5, 5.41) is 1.41. The summed E-state index contributed by atoms with van der Waals surface area (Å²) in [4.78, 5) is 24.8. The van der Waals surface area contributed by atoms with Gasteiger partial charge in [-0.15, -0.1) is 0 Å². The molecule has 2 unspecified atom stereocenters. The van der Waals surface area contributed by atoms with Gasteiger partial charge in [-0.2, -0.15) is 0 Å². The molecule has 2 aliphatic carbocycles. The van der Waals surface area contributed by atoms with E-state index in [1.54, 1.807) is 19.1 Å². The summed E-state index contributed by atoms with van der Waals surface area (Å²) in [7, 11) is -4.03. The van der Waals surface area contributed by atoms with Crippen LogP contribution in [0, 0.1) is 0 Å². The molecule has 4 heterocycles. The molecule has 0 amide bonds. The Morgan fingerprint density at radius 2 is 1.90 bits per heavy atom. The third-order valence-electron chi connectivity index (χ3n) is 10.4. The predicted molar refractivity (Wildman–Crippen MR) is 197 cm³/mol. The second-order valence-corrected chi connectivity index (χ2v) is 16.4. The van der Waals surface area contributed by atoms with Gasteiger partial charge in [0.1, 0.15) is 10.3 Å². The average Bonchev–Trinajstić information content (AvgIpc) is 3.84. The van der Waals surface area contributed by atoms with Crippen LogP contribution in [0.5, 0.6) is 0 Å².